The minimum Gasteiger partial charge on any atom is -0.418 e. The standard InChI is InChI=1S/C19H13N.BF4/c1-2-7-14(8-3-1)16-10-6-12-19-17(16)13-15-9-4-5-11-18(15)20-19;2-1(3,4)5/h1-13H;/q;-1/p+1. The second kappa shape index (κ2) is 6.93. The van der Waals surface area contributed by atoms with Gasteiger partial charge in [0, 0.05) is 17.5 Å². The molecular weight excluding hydrogens is 329 g/mol. The van der Waals surface area contributed by atoms with Crippen molar-refractivity contribution in [2.75, 3.05) is 0 Å². The molecule has 25 heavy (non-hydrogen) atoms. The molecule has 126 valence electrons. The number of hydrogen-bond acceptors (Lipinski definition) is 0. The highest BCUT2D eigenvalue weighted by Gasteiger charge is 2.20. The van der Waals surface area contributed by atoms with Gasteiger partial charge in [-0.05, 0) is 23.3 Å². The van der Waals surface area contributed by atoms with E-state index in [1.165, 1.54) is 32.9 Å². The van der Waals surface area contributed by atoms with Crippen LogP contribution in [0.25, 0.3) is 32.9 Å². The summed E-state index contributed by atoms with van der Waals surface area (Å²) >= 11 is 0. The molecule has 1 aromatic heterocycles. The number of hydrogen-bond donors (Lipinski definition) is 0. The maximum Gasteiger partial charge on any atom is 0.673 e. The number of benzene rings is 3. The molecule has 0 radical (unpaired) electrons. The largest absolute Gasteiger partial charge is 0.673 e. The van der Waals surface area contributed by atoms with E-state index < -0.39 is 7.25 Å². The summed E-state index contributed by atoms with van der Waals surface area (Å²) in [5, 5.41) is 2.50. The highest BCUT2D eigenvalue weighted by atomic mass is 19.5. The molecule has 1 N–H and O–H groups in total. The Balaban J connectivity index is 0.000000324. The molecule has 4 aromatic rings. The molecule has 3 aromatic carbocycles. The molecule has 0 saturated heterocycles. The third kappa shape index (κ3) is 4.35. The van der Waals surface area contributed by atoms with E-state index in [4.69, 9.17) is 0 Å². The first-order valence-electron chi connectivity index (χ1n) is 7.68. The van der Waals surface area contributed by atoms with E-state index in [9.17, 15) is 17.3 Å². The second-order valence-corrected chi connectivity index (χ2v) is 5.48. The molecule has 0 bridgehead atoms. The Hall–Kier alpha value is -2.89. The molecule has 0 spiro atoms. The summed E-state index contributed by atoms with van der Waals surface area (Å²) in [7, 11) is -6.00. The van der Waals surface area contributed by atoms with E-state index in [0.717, 1.165) is 0 Å². The zero-order chi connectivity index (χ0) is 17.9. The first kappa shape index (κ1) is 17.0. The third-order valence-electron chi connectivity index (χ3n) is 3.72. The topological polar surface area (TPSA) is 14.1 Å². The summed E-state index contributed by atoms with van der Waals surface area (Å²) in [6.45, 7) is 0. The number of pyridine rings is 1. The van der Waals surface area contributed by atoms with Gasteiger partial charge in [0.15, 0.2) is 0 Å². The smallest absolute Gasteiger partial charge is 0.418 e. The van der Waals surface area contributed by atoms with Gasteiger partial charge in [-0.15, -0.1) is 0 Å². The van der Waals surface area contributed by atoms with Crippen LogP contribution in [0.3, 0.4) is 0 Å². The number of fused-ring (bicyclic) bond motifs is 2. The minimum absolute atomic E-state index is 1.17. The van der Waals surface area contributed by atoms with Gasteiger partial charge in [0.05, 0.1) is 5.39 Å². The Morgan fingerprint density at radius 1 is 0.640 bits per heavy atom. The van der Waals surface area contributed by atoms with Gasteiger partial charge in [-0.2, -0.15) is 0 Å². The van der Waals surface area contributed by atoms with Crippen LogP contribution < -0.4 is 4.98 Å². The lowest BCUT2D eigenvalue weighted by Gasteiger charge is -2.04. The average molecular weight is 343 g/mol. The van der Waals surface area contributed by atoms with Gasteiger partial charge in [-0.1, -0.05) is 54.6 Å². The van der Waals surface area contributed by atoms with E-state index in [1.54, 1.807) is 0 Å². The fraction of sp³-hybridized carbons (Fsp3) is 0. The summed E-state index contributed by atoms with van der Waals surface area (Å²) in [6.07, 6.45) is 0. The van der Waals surface area contributed by atoms with Crippen molar-refractivity contribution in [2.24, 2.45) is 0 Å². The summed E-state index contributed by atoms with van der Waals surface area (Å²) in [6, 6.07) is 27.6. The van der Waals surface area contributed by atoms with Gasteiger partial charge in [-0.25, -0.2) is 4.98 Å². The van der Waals surface area contributed by atoms with E-state index in [0.29, 0.717) is 0 Å². The van der Waals surface area contributed by atoms with E-state index in [-0.39, 0.29) is 0 Å². The van der Waals surface area contributed by atoms with Crippen molar-refractivity contribution >= 4 is 29.1 Å². The van der Waals surface area contributed by atoms with Crippen LogP contribution >= 0.6 is 0 Å². The number of H-pyrrole nitrogens is 1. The Morgan fingerprint density at radius 2 is 1.24 bits per heavy atom. The van der Waals surface area contributed by atoms with Crippen LogP contribution in [0, 0.1) is 0 Å². The number of nitrogens with one attached hydrogen (secondary N) is 1. The first-order valence-corrected chi connectivity index (χ1v) is 7.68. The second-order valence-electron chi connectivity index (χ2n) is 5.48. The SMILES string of the molecule is F[B-](F)(F)F.c1ccc(-c2cccc3[nH+]c4ccccc4cc23)cc1. The van der Waals surface area contributed by atoms with Crippen molar-refractivity contribution in [2.45, 2.75) is 0 Å². The molecule has 1 nitrogen and oxygen atoms in total. The van der Waals surface area contributed by atoms with E-state index in [1.807, 2.05) is 0 Å². The van der Waals surface area contributed by atoms with Gasteiger partial charge in [0.2, 0.25) is 11.0 Å². The van der Waals surface area contributed by atoms with Crippen LogP contribution in [0.5, 0.6) is 0 Å². The van der Waals surface area contributed by atoms with E-state index >= 15 is 0 Å². The van der Waals surface area contributed by atoms with Crippen molar-refractivity contribution in [1.29, 1.82) is 0 Å². The lowest BCUT2D eigenvalue weighted by atomic mass is 9.99. The predicted octanol–water partition coefficient (Wildman–Crippen LogP) is 5.77. The molecule has 0 saturated carbocycles. The van der Waals surface area contributed by atoms with Crippen molar-refractivity contribution in [3.05, 3.63) is 78.9 Å². The summed E-state index contributed by atoms with van der Waals surface area (Å²) in [5.74, 6) is 0. The highest BCUT2D eigenvalue weighted by Crippen LogP contribution is 2.28. The Morgan fingerprint density at radius 3 is 1.96 bits per heavy atom. The van der Waals surface area contributed by atoms with Crippen molar-refractivity contribution in [3.63, 3.8) is 0 Å². The van der Waals surface area contributed by atoms with Crippen LogP contribution in [-0.2, 0) is 0 Å². The Bertz CT molecular complexity index is 994. The zero-order valence-corrected chi connectivity index (χ0v) is 13.1. The number of halogens is 4. The lowest BCUT2D eigenvalue weighted by Crippen LogP contribution is -2.05. The van der Waals surface area contributed by atoms with Gasteiger partial charge in [0.1, 0.15) is 0 Å². The molecule has 0 aliphatic rings. The number of aromatic nitrogens is 1. The fourth-order valence-electron chi connectivity index (χ4n) is 2.74. The molecule has 0 atom stereocenters. The normalized spacial score (nSPS) is 11.2. The fourth-order valence-corrected chi connectivity index (χ4v) is 2.74. The van der Waals surface area contributed by atoms with E-state index in [2.05, 4.69) is 83.8 Å². The van der Waals surface area contributed by atoms with Crippen LogP contribution in [-0.4, -0.2) is 7.25 Å². The highest BCUT2D eigenvalue weighted by molar-refractivity contribution is 6.50. The molecule has 0 unspecified atom stereocenters. The van der Waals surface area contributed by atoms with Crippen molar-refractivity contribution < 1.29 is 22.2 Å². The van der Waals surface area contributed by atoms with Crippen molar-refractivity contribution in [3.8, 4) is 11.1 Å². The van der Waals surface area contributed by atoms with Crippen LogP contribution in [0.2, 0.25) is 0 Å². The molecule has 1 heterocycles. The number of para-hydroxylation sites is 1. The monoisotopic (exact) mass is 343 g/mol. The molecule has 0 aliphatic carbocycles. The third-order valence-corrected chi connectivity index (χ3v) is 3.72. The lowest BCUT2D eigenvalue weighted by molar-refractivity contribution is -0.310. The molecule has 6 heteroatoms. The summed E-state index contributed by atoms with van der Waals surface area (Å²) in [4.78, 5) is 3.52. The minimum atomic E-state index is -6.00. The van der Waals surface area contributed by atoms with Crippen LogP contribution in [0.15, 0.2) is 78.9 Å². The van der Waals surface area contributed by atoms with Gasteiger partial charge in [-0.3, -0.25) is 0 Å². The number of aromatic amines is 1. The van der Waals surface area contributed by atoms with Gasteiger partial charge < -0.3 is 17.3 Å². The molecule has 0 aliphatic heterocycles. The molecule has 4 rings (SSSR count). The first-order chi connectivity index (χ1) is 11.9. The summed E-state index contributed by atoms with van der Waals surface area (Å²) < 4.78 is 39.0. The average Bonchev–Trinajstić information content (AvgIpc) is 2.59. The van der Waals surface area contributed by atoms with Crippen LogP contribution in [0.1, 0.15) is 0 Å². The molecular formula is C19H14BF4N. The van der Waals surface area contributed by atoms with Crippen molar-refractivity contribution in [1.82, 2.24) is 0 Å². The van der Waals surface area contributed by atoms with Gasteiger partial charge in [0.25, 0.3) is 0 Å². The van der Waals surface area contributed by atoms with Gasteiger partial charge >= 0.3 is 7.25 Å². The Labute approximate surface area is 142 Å². The summed E-state index contributed by atoms with van der Waals surface area (Å²) in [5.41, 5.74) is 4.86. The van der Waals surface area contributed by atoms with Crippen LogP contribution in [0.4, 0.5) is 17.3 Å². The number of rotatable bonds is 1. The maximum atomic E-state index is 9.75. The quantitative estimate of drug-likeness (QED) is 0.237. The zero-order valence-electron chi connectivity index (χ0n) is 13.1. The predicted molar refractivity (Wildman–Crippen MR) is 93.6 cm³/mol. The maximum absolute atomic E-state index is 9.75. The molecule has 0 amide bonds. The Kier molecular flexibility index (Phi) is 4.70. The molecule has 0 fully saturated rings.